The van der Waals surface area contributed by atoms with E-state index in [1.54, 1.807) is 0 Å². The van der Waals surface area contributed by atoms with Crippen LogP contribution in [0.5, 0.6) is 0 Å². The van der Waals surface area contributed by atoms with Crippen molar-refractivity contribution in [3.05, 3.63) is 0 Å². The standard InChI is InChI=1S/C9H17NO2/c1-9(2)7(6-8(10)11)4-3-5-12-9/h7H,3-6H2,1-2H3,(H2,10,11). The normalized spacial score (nSPS) is 28.3. The number of primary amides is 1. The number of rotatable bonds is 2. The molecule has 12 heavy (non-hydrogen) atoms. The molecule has 0 saturated carbocycles. The number of carbonyl (C=O) groups excluding carboxylic acids is 1. The molecule has 1 saturated heterocycles. The molecule has 1 fully saturated rings. The SMILES string of the molecule is CC1(C)OCCCC1CC(N)=O. The summed E-state index contributed by atoms with van der Waals surface area (Å²) in [4.78, 5) is 10.7. The lowest BCUT2D eigenvalue weighted by molar-refractivity contribution is -0.128. The Morgan fingerprint density at radius 3 is 2.83 bits per heavy atom. The summed E-state index contributed by atoms with van der Waals surface area (Å²) in [7, 11) is 0. The first-order valence-electron chi connectivity index (χ1n) is 4.44. The average Bonchev–Trinajstić information content (AvgIpc) is 1.92. The fourth-order valence-electron chi connectivity index (χ4n) is 1.72. The molecule has 2 N–H and O–H groups in total. The lowest BCUT2D eigenvalue weighted by Gasteiger charge is -2.38. The maximum absolute atomic E-state index is 10.7. The molecule has 1 rings (SSSR count). The van der Waals surface area contributed by atoms with Crippen LogP contribution in [0.1, 0.15) is 33.1 Å². The van der Waals surface area contributed by atoms with E-state index in [0.29, 0.717) is 12.3 Å². The minimum absolute atomic E-state index is 0.173. The zero-order chi connectivity index (χ0) is 9.19. The molecular formula is C9H17NO2. The van der Waals surface area contributed by atoms with E-state index in [1.165, 1.54) is 0 Å². The van der Waals surface area contributed by atoms with Crippen molar-refractivity contribution < 1.29 is 9.53 Å². The van der Waals surface area contributed by atoms with Gasteiger partial charge in [-0.25, -0.2) is 0 Å². The van der Waals surface area contributed by atoms with Crippen LogP contribution in [-0.2, 0) is 9.53 Å². The third-order valence-electron chi connectivity index (χ3n) is 2.60. The van der Waals surface area contributed by atoms with Gasteiger partial charge in [0.1, 0.15) is 0 Å². The van der Waals surface area contributed by atoms with Gasteiger partial charge < -0.3 is 10.5 Å². The maximum Gasteiger partial charge on any atom is 0.217 e. The van der Waals surface area contributed by atoms with Gasteiger partial charge in [0.05, 0.1) is 5.60 Å². The summed E-state index contributed by atoms with van der Waals surface area (Å²) >= 11 is 0. The Labute approximate surface area is 73.3 Å². The molecule has 1 atom stereocenters. The monoisotopic (exact) mass is 171 g/mol. The fraction of sp³-hybridized carbons (Fsp3) is 0.889. The highest BCUT2D eigenvalue weighted by atomic mass is 16.5. The predicted octanol–water partition coefficient (Wildman–Crippen LogP) is 1.07. The van der Waals surface area contributed by atoms with Gasteiger partial charge in [-0.1, -0.05) is 0 Å². The summed E-state index contributed by atoms with van der Waals surface area (Å²) in [6.07, 6.45) is 2.55. The predicted molar refractivity (Wildman–Crippen MR) is 46.6 cm³/mol. The number of hydrogen-bond acceptors (Lipinski definition) is 2. The highest BCUT2D eigenvalue weighted by molar-refractivity contribution is 5.74. The number of carbonyl (C=O) groups is 1. The van der Waals surface area contributed by atoms with Crippen molar-refractivity contribution in [2.75, 3.05) is 6.61 Å². The largest absolute Gasteiger partial charge is 0.375 e. The van der Waals surface area contributed by atoms with Crippen LogP contribution in [0.15, 0.2) is 0 Å². The number of amides is 1. The molecule has 70 valence electrons. The zero-order valence-corrected chi connectivity index (χ0v) is 7.80. The minimum atomic E-state index is -0.224. The molecule has 0 aliphatic carbocycles. The van der Waals surface area contributed by atoms with Crippen molar-refractivity contribution in [1.29, 1.82) is 0 Å². The summed E-state index contributed by atoms with van der Waals surface area (Å²) in [5.41, 5.74) is 4.98. The Hall–Kier alpha value is -0.570. The van der Waals surface area contributed by atoms with E-state index < -0.39 is 0 Å². The Kier molecular flexibility index (Phi) is 2.73. The maximum atomic E-state index is 10.7. The van der Waals surface area contributed by atoms with Crippen molar-refractivity contribution in [3.8, 4) is 0 Å². The molecule has 0 aromatic rings. The van der Waals surface area contributed by atoms with Gasteiger partial charge in [0, 0.05) is 13.0 Å². The fourth-order valence-corrected chi connectivity index (χ4v) is 1.72. The van der Waals surface area contributed by atoms with E-state index in [2.05, 4.69) is 0 Å². The van der Waals surface area contributed by atoms with Crippen molar-refractivity contribution in [2.24, 2.45) is 11.7 Å². The number of ether oxygens (including phenoxy) is 1. The van der Waals surface area contributed by atoms with Gasteiger partial charge in [-0.2, -0.15) is 0 Å². The van der Waals surface area contributed by atoms with E-state index in [9.17, 15) is 4.79 Å². The molecule has 0 radical (unpaired) electrons. The van der Waals surface area contributed by atoms with Crippen LogP contribution in [0.3, 0.4) is 0 Å². The molecule has 1 heterocycles. The first-order valence-corrected chi connectivity index (χ1v) is 4.44. The van der Waals surface area contributed by atoms with E-state index in [4.69, 9.17) is 10.5 Å². The Morgan fingerprint density at radius 2 is 2.33 bits per heavy atom. The van der Waals surface area contributed by atoms with Crippen LogP contribution in [0.4, 0.5) is 0 Å². The van der Waals surface area contributed by atoms with Gasteiger partial charge in [-0.15, -0.1) is 0 Å². The van der Waals surface area contributed by atoms with E-state index in [1.807, 2.05) is 13.8 Å². The second-order valence-electron chi connectivity index (χ2n) is 3.96. The molecule has 1 aliphatic rings. The van der Waals surface area contributed by atoms with Crippen LogP contribution < -0.4 is 5.73 Å². The van der Waals surface area contributed by atoms with E-state index in [0.717, 1.165) is 19.4 Å². The van der Waals surface area contributed by atoms with Crippen molar-refractivity contribution in [3.63, 3.8) is 0 Å². The molecule has 1 amide bonds. The molecule has 1 unspecified atom stereocenters. The Balaban J connectivity index is 2.54. The van der Waals surface area contributed by atoms with Crippen LogP contribution >= 0.6 is 0 Å². The Morgan fingerprint density at radius 1 is 1.67 bits per heavy atom. The van der Waals surface area contributed by atoms with Crippen LogP contribution in [-0.4, -0.2) is 18.1 Å². The molecule has 0 bridgehead atoms. The first kappa shape index (κ1) is 9.52. The lowest BCUT2D eigenvalue weighted by Crippen LogP contribution is -2.40. The molecule has 0 spiro atoms. The van der Waals surface area contributed by atoms with Gasteiger partial charge in [-0.3, -0.25) is 4.79 Å². The molecule has 0 aromatic carbocycles. The average molecular weight is 171 g/mol. The van der Waals surface area contributed by atoms with Crippen LogP contribution in [0.25, 0.3) is 0 Å². The van der Waals surface area contributed by atoms with Gasteiger partial charge in [0.15, 0.2) is 0 Å². The summed E-state index contributed by atoms with van der Waals surface area (Å²) in [5.74, 6) is 0.0716. The first-order chi connectivity index (χ1) is 5.52. The summed E-state index contributed by atoms with van der Waals surface area (Å²) < 4.78 is 5.57. The van der Waals surface area contributed by atoms with E-state index >= 15 is 0 Å². The topological polar surface area (TPSA) is 52.3 Å². The molecular weight excluding hydrogens is 154 g/mol. The van der Waals surface area contributed by atoms with Gasteiger partial charge in [0.25, 0.3) is 0 Å². The molecule has 3 nitrogen and oxygen atoms in total. The van der Waals surface area contributed by atoms with Crippen molar-refractivity contribution in [2.45, 2.75) is 38.7 Å². The van der Waals surface area contributed by atoms with Gasteiger partial charge in [0.2, 0.25) is 5.91 Å². The molecule has 3 heteroatoms. The number of nitrogens with two attached hydrogens (primary N) is 1. The van der Waals surface area contributed by atoms with Crippen LogP contribution in [0.2, 0.25) is 0 Å². The van der Waals surface area contributed by atoms with Gasteiger partial charge in [-0.05, 0) is 32.6 Å². The third kappa shape index (κ3) is 2.21. The van der Waals surface area contributed by atoms with Gasteiger partial charge >= 0.3 is 0 Å². The van der Waals surface area contributed by atoms with Crippen molar-refractivity contribution in [1.82, 2.24) is 0 Å². The summed E-state index contributed by atoms with van der Waals surface area (Å²) in [6, 6.07) is 0. The van der Waals surface area contributed by atoms with E-state index in [-0.39, 0.29) is 11.5 Å². The summed E-state index contributed by atoms with van der Waals surface area (Å²) in [5, 5.41) is 0. The summed E-state index contributed by atoms with van der Waals surface area (Å²) in [6.45, 7) is 4.86. The quantitative estimate of drug-likeness (QED) is 0.675. The lowest BCUT2D eigenvalue weighted by atomic mass is 9.82. The Bertz CT molecular complexity index is 177. The highest BCUT2D eigenvalue weighted by Crippen LogP contribution is 2.32. The van der Waals surface area contributed by atoms with Crippen LogP contribution in [0, 0.1) is 5.92 Å². The second kappa shape index (κ2) is 3.44. The van der Waals surface area contributed by atoms with Crippen molar-refractivity contribution >= 4 is 5.91 Å². The molecule has 0 aromatic heterocycles. The molecule has 1 aliphatic heterocycles. The second-order valence-corrected chi connectivity index (χ2v) is 3.96. The smallest absolute Gasteiger partial charge is 0.217 e. The minimum Gasteiger partial charge on any atom is -0.375 e. The number of hydrogen-bond donors (Lipinski definition) is 1. The highest BCUT2D eigenvalue weighted by Gasteiger charge is 2.33. The third-order valence-corrected chi connectivity index (χ3v) is 2.60. The zero-order valence-electron chi connectivity index (χ0n) is 7.80.